The Morgan fingerprint density at radius 3 is 2.56 bits per heavy atom. The van der Waals surface area contributed by atoms with Crippen LogP contribution in [0, 0.1) is 5.92 Å². The molecule has 0 aliphatic heterocycles. The fourth-order valence-corrected chi connectivity index (χ4v) is 2.44. The number of hydrogen-bond donors (Lipinski definition) is 1. The second-order valence-electron chi connectivity index (χ2n) is 6.01. The first-order valence-corrected chi connectivity index (χ1v) is 7.63. The van der Waals surface area contributed by atoms with Crippen molar-refractivity contribution in [3.63, 3.8) is 0 Å². The van der Waals surface area contributed by atoms with E-state index in [0.29, 0.717) is 6.04 Å². The summed E-state index contributed by atoms with van der Waals surface area (Å²) in [7, 11) is 1.80. The highest BCUT2D eigenvalue weighted by Crippen LogP contribution is 2.19. The zero-order chi connectivity index (χ0) is 13.4. The van der Waals surface area contributed by atoms with Crippen molar-refractivity contribution in [3.8, 4) is 0 Å². The topological polar surface area (TPSA) is 24.5 Å². The maximum Gasteiger partial charge on any atom is 0.0589 e. The molecule has 3 heteroatoms. The van der Waals surface area contributed by atoms with Crippen LogP contribution in [-0.2, 0) is 4.74 Å². The molecular formula is C15H32N2O. The van der Waals surface area contributed by atoms with Crippen molar-refractivity contribution < 1.29 is 4.74 Å². The van der Waals surface area contributed by atoms with Gasteiger partial charge in [-0.15, -0.1) is 0 Å². The summed E-state index contributed by atoms with van der Waals surface area (Å²) in [6, 6.07) is 1.49. The summed E-state index contributed by atoms with van der Waals surface area (Å²) in [5, 5.41) is 3.69. The zero-order valence-electron chi connectivity index (χ0n) is 12.7. The molecule has 0 aromatic heterocycles. The molecule has 0 radical (unpaired) electrons. The van der Waals surface area contributed by atoms with Crippen molar-refractivity contribution in [1.29, 1.82) is 0 Å². The van der Waals surface area contributed by atoms with Crippen LogP contribution < -0.4 is 5.32 Å². The first-order valence-electron chi connectivity index (χ1n) is 7.63. The van der Waals surface area contributed by atoms with E-state index in [2.05, 4.69) is 31.0 Å². The van der Waals surface area contributed by atoms with Crippen molar-refractivity contribution in [2.24, 2.45) is 5.92 Å². The monoisotopic (exact) mass is 256 g/mol. The minimum Gasteiger partial charge on any atom is -0.383 e. The fraction of sp³-hybridized carbons (Fsp3) is 1.00. The fourth-order valence-electron chi connectivity index (χ4n) is 2.44. The lowest BCUT2D eigenvalue weighted by Gasteiger charge is -2.33. The zero-order valence-corrected chi connectivity index (χ0v) is 12.7. The lowest BCUT2D eigenvalue weighted by molar-refractivity contribution is 0.104. The van der Waals surface area contributed by atoms with E-state index in [9.17, 15) is 0 Å². The van der Waals surface area contributed by atoms with Crippen LogP contribution in [0.1, 0.15) is 46.5 Å². The van der Waals surface area contributed by atoms with Gasteiger partial charge in [-0.3, -0.25) is 4.90 Å². The van der Waals surface area contributed by atoms with Gasteiger partial charge in [0.2, 0.25) is 0 Å². The molecule has 0 aromatic carbocycles. The van der Waals surface area contributed by atoms with Gasteiger partial charge in [0.15, 0.2) is 0 Å². The summed E-state index contributed by atoms with van der Waals surface area (Å²) < 4.78 is 5.26. The molecule has 0 aromatic rings. The highest BCUT2D eigenvalue weighted by molar-refractivity contribution is 4.84. The highest BCUT2D eigenvalue weighted by atomic mass is 16.5. The molecule has 1 N–H and O–H groups in total. The predicted molar refractivity (Wildman–Crippen MR) is 78.0 cm³/mol. The van der Waals surface area contributed by atoms with Crippen LogP contribution in [0.5, 0.6) is 0 Å². The van der Waals surface area contributed by atoms with Gasteiger partial charge < -0.3 is 10.1 Å². The Kier molecular flexibility index (Phi) is 7.87. The third-order valence-electron chi connectivity index (χ3n) is 3.54. The van der Waals surface area contributed by atoms with Gasteiger partial charge >= 0.3 is 0 Å². The van der Waals surface area contributed by atoms with Crippen LogP contribution in [0.15, 0.2) is 0 Å². The molecule has 0 saturated heterocycles. The Morgan fingerprint density at radius 2 is 2.06 bits per heavy atom. The van der Waals surface area contributed by atoms with Crippen molar-refractivity contribution in [3.05, 3.63) is 0 Å². The van der Waals surface area contributed by atoms with Gasteiger partial charge in [-0.1, -0.05) is 27.2 Å². The minimum absolute atomic E-state index is 0.674. The van der Waals surface area contributed by atoms with E-state index in [1.54, 1.807) is 7.11 Å². The van der Waals surface area contributed by atoms with Gasteiger partial charge in [0.25, 0.3) is 0 Å². The van der Waals surface area contributed by atoms with E-state index in [0.717, 1.165) is 31.7 Å². The third-order valence-corrected chi connectivity index (χ3v) is 3.54. The SMILES string of the molecule is CCCC(CNC1CC1)N(CCOC)CC(C)C. The largest absolute Gasteiger partial charge is 0.383 e. The minimum atomic E-state index is 0.674. The predicted octanol–water partition coefficient (Wildman–Crippen LogP) is 2.51. The van der Waals surface area contributed by atoms with Crippen LogP contribution in [0.2, 0.25) is 0 Å². The van der Waals surface area contributed by atoms with E-state index in [1.807, 2.05) is 0 Å². The normalized spacial score (nSPS) is 17.7. The van der Waals surface area contributed by atoms with Crippen LogP contribution in [0.4, 0.5) is 0 Å². The average Bonchev–Trinajstić information content (AvgIpc) is 3.13. The van der Waals surface area contributed by atoms with E-state index in [4.69, 9.17) is 4.74 Å². The van der Waals surface area contributed by atoms with Crippen LogP contribution in [-0.4, -0.2) is 50.3 Å². The molecule has 18 heavy (non-hydrogen) atoms. The summed E-state index contributed by atoms with van der Waals surface area (Å²) in [6.07, 6.45) is 5.30. The maximum absolute atomic E-state index is 5.26. The van der Waals surface area contributed by atoms with Gasteiger partial charge in [0, 0.05) is 38.8 Å². The van der Waals surface area contributed by atoms with E-state index >= 15 is 0 Å². The number of hydrogen-bond acceptors (Lipinski definition) is 3. The molecule has 0 bridgehead atoms. The first-order chi connectivity index (χ1) is 8.67. The Balaban J connectivity index is 2.43. The molecule has 0 amide bonds. The van der Waals surface area contributed by atoms with Gasteiger partial charge in [-0.05, 0) is 25.2 Å². The molecule has 3 nitrogen and oxygen atoms in total. The van der Waals surface area contributed by atoms with Gasteiger partial charge in [0.05, 0.1) is 6.61 Å². The molecule has 1 aliphatic carbocycles. The Bertz CT molecular complexity index is 205. The molecular weight excluding hydrogens is 224 g/mol. The molecule has 1 fully saturated rings. The first kappa shape index (κ1) is 15.9. The highest BCUT2D eigenvalue weighted by Gasteiger charge is 2.24. The van der Waals surface area contributed by atoms with E-state index in [-0.39, 0.29) is 0 Å². The van der Waals surface area contributed by atoms with Gasteiger partial charge in [-0.25, -0.2) is 0 Å². The van der Waals surface area contributed by atoms with E-state index < -0.39 is 0 Å². The number of ether oxygens (including phenoxy) is 1. The summed E-state index contributed by atoms with van der Waals surface area (Å²) in [4.78, 5) is 2.62. The number of methoxy groups -OCH3 is 1. The van der Waals surface area contributed by atoms with Crippen LogP contribution >= 0.6 is 0 Å². The summed E-state index contributed by atoms with van der Waals surface area (Å²) in [5.41, 5.74) is 0. The summed E-state index contributed by atoms with van der Waals surface area (Å²) >= 11 is 0. The molecule has 1 unspecified atom stereocenters. The molecule has 1 aliphatic rings. The van der Waals surface area contributed by atoms with Crippen molar-refractivity contribution in [1.82, 2.24) is 10.2 Å². The van der Waals surface area contributed by atoms with Crippen LogP contribution in [0.3, 0.4) is 0 Å². The second-order valence-corrected chi connectivity index (χ2v) is 6.01. The van der Waals surface area contributed by atoms with Crippen molar-refractivity contribution in [2.75, 3.05) is 33.4 Å². The molecule has 0 spiro atoms. The molecule has 1 atom stereocenters. The van der Waals surface area contributed by atoms with Gasteiger partial charge in [0.1, 0.15) is 0 Å². The molecule has 0 heterocycles. The quantitative estimate of drug-likeness (QED) is 0.615. The Labute approximate surface area is 113 Å². The molecule has 1 saturated carbocycles. The lowest BCUT2D eigenvalue weighted by Crippen LogP contribution is -2.45. The van der Waals surface area contributed by atoms with Gasteiger partial charge in [-0.2, -0.15) is 0 Å². The summed E-state index contributed by atoms with van der Waals surface area (Å²) in [5.74, 6) is 0.724. The lowest BCUT2D eigenvalue weighted by atomic mass is 10.1. The van der Waals surface area contributed by atoms with Crippen molar-refractivity contribution in [2.45, 2.75) is 58.5 Å². The van der Waals surface area contributed by atoms with Crippen LogP contribution in [0.25, 0.3) is 0 Å². The number of nitrogens with one attached hydrogen (secondary N) is 1. The Morgan fingerprint density at radius 1 is 1.33 bits per heavy atom. The maximum atomic E-state index is 5.26. The molecule has 1 rings (SSSR count). The number of rotatable bonds is 11. The smallest absolute Gasteiger partial charge is 0.0589 e. The average molecular weight is 256 g/mol. The Hall–Kier alpha value is -0.120. The summed E-state index contributed by atoms with van der Waals surface area (Å²) in [6.45, 7) is 11.1. The third kappa shape index (κ3) is 6.72. The van der Waals surface area contributed by atoms with E-state index in [1.165, 1.54) is 32.2 Å². The van der Waals surface area contributed by atoms with Crippen molar-refractivity contribution >= 4 is 0 Å². The molecule has 108 valence electrons. The number of nitrogens with zero attached hydrogens (tertiary/aromatic N) is 1. The second kappa shape index (κ2) is 8.89. The standard InChI is InChI=1S/C15H32N2O/c1-5-6-15(11-16-14-7-8-14)17(9-10-18-4)12-13(2)3/h13-16H,5-12H2,1-4H3.